The normalized spacial score (nSPS) is 14.5. The minimum Gasteiger partial charge on any atom is -0.240 e. The van der Waals surface area contributed by atoms with Gasteiger partial charge in [-0.25, -0.2) is 26.3 Å². The highest BCUT2D eigenvalue weighted by atomic mass is 31.1. The van der Waals surface area contributed by atoms with E-state index >= 15 is 0 Å². The van der Waals surface area contributed by atoms with Crippen molar-refractivity contribution in [3.05, 3.63) is 29.1 Å². The van der Waals surface area contributed by atoms with Gasteiger partial charge >= 0.3 is 6.18 Å². The lowest BCUT2D eigenvalue weighted by Crippen LogP contribution is -2.35. The quantitative estimate of drug-likeness (QED) is 0.0759. The van der Waals surface area contributed by atoms with Crippen molar-refractivity contribution in [1.29, 1.82) is 0 Å². The van der Waals surface area contributed by atoms with Gasteiger partial charge in [0.2, 0.25) is 5.82 Å². The first-order valence-corrected chi connectivity index (χ1v) is 12.2. The third-order valence-corrected chi connectivity index (χ3v) is 7.79. The fourth-order valence-electron chi connectivity index (χ4n) is 3.28. The Bertz CT molecular complexity index is 720. The molecule has 0 aliphatic heterocycles. The molecular formula is C21H26F11P. The third kappa shape index (κ3) is 8.55. The predicted octanol–water partition coefficient (Wildman–Crippen LogP) is 8.90. The molecule has 33 heavy (non-hydrogen) atoms. The van der Waals surface area contributed by atoms with Crippen LogP contribution in [0.3, 0.4) is 0 Å². The van der Waals surface area contributed by atoms with Crippen LogP contribution in [0.2, 0.25) is 0 Å². The summed E-state index contributed by atoms with van der Waals surface area (Å²) in [6, 6.07) is 0. The highest BCUT2D eigenvalue weighted by Gasteiger charge is 2.50. The second-order valence-electron chi connectivity index (χ2n) is 7.75. The van der Waals surface area contributed by atoms with E-state index in [9.17, 15) is 48.3 Å². The molecule has 2 atom stereocenters. The van der Waals surface area contributed by atoms with Crippen LogP contribution in [0.15, 0.2) is 0 Å². The summed E-state index contributed by atoms with van der Waals surface area (Å²) in [6.45, 7) is 1.80. The lowest BCUT2D eigenvalue weighted by Gasteiger charge is -2.31. The number of halogens is 11. The van der Waals surface area contributed by atoms with Gasteiger partial charge in [0.05, 0.1) is 5.30 Å². The molecule has 0 aliphatic rings. The van der Waals surface area contributed by atoms with Gasteiger partial charge < -0.3 is 0 Å². The molecule has 1 aromatic carbocycles. The first-order valence-electron chi connectivity index (χ1n) is 10.6. The summed E-state index contributed by atoms with van der Waals surface area (Å²) in [6.07, 6.45) is -8.72. The molecule has 1 aromatic rings. The van der Waals surface area contributed by atoms with E-state index in [1.807, 2.05) is 0 Å². The Labute approximate surface area is 186 Å². The molecule has 0 saturated carbocycles. The van der Waals surface area contributed by atoms with Crippen LogP contribution in [-0.4, -0.2) is 24.2 Å². The number of rotatable bonds is 14. The molecule has 0 amide bonds. The van der Waals surface area contributed by atoms with Gasteiger partial charge in [0.1, 0.15) is 0 Å². The number of unbranched alkanes of at least 4 members (excludes halogenated alkanes) is 6. The van der Waals surface area contributed by atoms with Crippen LogP contribution in [0, 0.1) is 29.1 Å². The average Bonchev–Trinajstić information content (AvgIpc) is 2.73. The Morgan fingerprint density at radius 2 is 1.15 bits per heavy atom. The fraction of sp³-hybridized carbons (Fsp3) is 0.714. The summed E-state index contributed by atoms with van der Waals surface area (Å²) in [7, 11) is -3.44. The largest absolute Gasteiger partial charge is 0.389 e. The van der Waals surface area contributed by atoms with E-state index in [-0.39, 0.29) is 32.1 Å². The number of hydrogen-bond acceptors (Lipinski definition) is 0. The van der Waals surface area contributed by atoms with Crippen molar-refractivity contribution >= 4 is 13.2 Å². The molecule has 0 aromatic heterocycles. The topological polar surface area (TPSA) is 0 Å². The molecule has 0 saturated heterocycles. The van der Waals surface area contributed by atoms with Crippen molar-refractivity contribution < 1.29 is 48.3 Å². The van der Waals surface area contributed by atoms with Gasteiger partial charge in [-0.1, -0.05) is 45.4 Å². The fourth-order valence-corrected chi connectivity index (χ4v) is 5.78. The van der Waals surface area contributed by atoms with Crippen molar-refractivity contribution in [2.75, 3.05) is 6.16 Å². The Morgan fingerprint density at radius 3 is 1.67 bits per heavy atom. The van der Waals surface area contributed by atoms with Crippen molar-refractivity contribution in [3.63, 3.8) is 0 Å². The molecule has 192 valence electrons. The average molecular weight is 518 g/mol. The van der Waals surface area contributed by atoms with Gasteiger partial charge in [0, 0.05) is 14.3 Å². The molecule has 1 rings (SSSR count). The van der Waals surface area contributed by atoms with E-state index in [4.69, 9.17) is 0 Å². The van der Waals surface area contributed by atoms with Crippen molar-refractivity contribution in [1.82, 2.24) is 0 Å². The Balaban J connectivity index is 3.03. The molecule has 0 N–H and O–H groups in total. The first kappa shape index (κ1) is 29.9. The summed E-state index contributed by atoms with van der Waals surface area (Å²) < 4.78 is 150. The van der Waals surface area contributed by atoms with E-state index < -0.39 is 79.3 Å². The minimum atomic E-state index is -4.40. The molecule has 0 aliphatic carbocycles. The van der Waals surface area contributed by atoms with E-state index in [2.05, 4.69) is 0 Å². The summed E-state index contributed by atoms with van der Waals surface area (Å²) in [5, 5.41) is -1.68. The van der Waals surface area contributed by atoms with Gasteiger partial charge in [-0.05, 0) is 25.4 Å². The van der Waals surface area contributed by atoms with Gasteiger partial charge in [-0.3, -0.25) is 0 Å². The van der Waals surface area contributed by atoms with E-state index in [0.29, 0.717) is 19.3 Å². The first-order chi connectivity index (χ1) is 15.3. The molecule has 0 fully saturated rings. The summed E-state index contributed by atoms with van der Waals surface area (Å²) >= 11 is 0. The van der Waals surface area contributed by atoms with Crippen molar-refractivity contribution in [2.24, 2.45) is 0 Å². The van der Waals surface area contributed by atoms with E-state index in [1.165, 1.54) is 0 Å². The molecule has 0 nitrogen and oxygen atoms in total. The summed E-state index contributed by atoms with van der Waals surface area (Å²) in [4.78, 5) is 0. The molecule has 12 heteroatoms. The van der Waals surface area contributed by atoms with Gasteiger partial charge in [0.15, 0.2) is 29.4 Å². The number of alkyl halides is 6. The van der Waals surface area contributed by atoms with E-state index in [1.54, 1.807) is 6.92 Å². The highest BCUT2D eigenvalue weighted by molar-refractivity contribution is 7.66. The molecule has 0 bridgehead atoms. The van der Waals surface area contributed by atoms with E-state index in [0.717, 1.165) is 0 Å². The van der Waals surface area contributed by atoms with Gasteiger partial charge in [0.25, 0.3) is 5.66 Å². The summed E-state index contributed by atoms with van der Waals surface area (Å²) in [5.41, 5.74) is -4.40. The molecule has 2 unspecified atom stereocenters. The Kier molecular flexibility index (Phi) is 11.9. The predicted molar refractivity (Wildman–Crippen MR) is 105 cm³/mol. The lowest BCUT2D eigenvalue weighted by molar-refractivity contribution is -0.135. The molecule has 0 spiro atoms. The smallest absolute Gasteiger partial charge is 0.240 e. The van der Waals surface area contributed by atoms with Gasteiger partial charge in [-0.15, -0.1) is 0 Å². The molecule has 0 heterocycles. The van der Waals surface area contributed by atoms with Gasteiger partial charge in [-0.2, -0.15) is 22.0 Å². The summed E-state index contributed by atoms with van der Waals surface area (Å²) in [5.74, 6) is -12.0. The zero-order valence-electron chi connectivity index (χ0n) is 18.0. The SMILES string of the molecule is CCCCCCP(c1c(F)c(F)c(F)c(F)c1F)C(F)(F)C(F)CCCCCCC(F)(F)F. The zero-order chi connectivity index (χ0) is 25.4. The second-order valence-corrected chi connectivity index (χ2v) is 10.1. The molecule has 0 radical (unpaired) electrons. The van der Waals surface area contributed by atoms with Crippen molar-refractivity contribution in [2.45, 2.75) is 89.1 Å². The maximum absolute atomic E-state index is 15.0. The van der Waals surface area contributed by atoms with Crippen LogP contribution in [-0.2, 0) is 0 Å². The van der Waals surface area contributed by atoms with Crippen molar-refractivity contribution in [3.8, 4) is 0 Å². The highest BCUT2D eigenvalue weighted by Crippen LogP contribution is 2.56. The number of benzene rings is 1. The Morgan fingerprint density at radius 1 is 0.667 bits per heavy atom. The second kappa shape index (κ2) is 13.1. The van der Waals surface area contributed by atoms with Crippen LogP contribution < -0.4 is 5.30 Å². The van der Waals surface area contributed by atoms with Crippen LogP contribution in [0.1, 0.15) is 71.1 Å². The lowest BCUT2D eigenvalue weighted by atomic mass is 10.1. The molecular weight excluding hydrogens is 492 g/mol. The number of hydrogen-bond donors (Lipinski definition) is 0. The maximum Gasteiger partial charge on any atom is 0.389 e. The van der Waals surface area contributed by atoms with Crippen LogP contribution in [0.25, 0.3) is 0 Å². The monoisotopic (exact) mass is 518 g/mol. The van der Waals surface area contributed by atoms with Crippen LogP contribution in [0.5, 0.6) is 0 Å². The standard InChI is InChI=1S/C21H26F11P/c1-2-3-4-9-12-33(19-17(26)15(24)14(23)16(25)18(19)27)21(31,32)13(22)10-7-5-6-8-11-20(28,29)30/h13H,2-12H2,1H3. The van der Waals surface area contributed by atoms with Crippen LogP contribution in [0.4, 0.5) is 48.3 Å². The third-order valence-electron chi connectivity index (χ3n) is 5.10. The van der Waals surface area contributed by atoms with Crippen LogP contribution >= 0.6 is 7.92 Å². The minimum absolute atomic E-state index is 0.0151. The maximum atomic E-state index is 15.0. The Hall–Kier alpha value is -1.12. The zero-order valence-corrected chi connectivity index (χ0v) is 18.9.